The third-order valence-corrected chi connectivity index (χ3v) is 6.16. The molecule has 5 nitrogen and oxygen atoms in total. The molecule has 2 aliphatic heterocycles. The molecule has 29 heavy (non-hydrogen) atoms. The summed E-state index contributed by atoms with van der Waals surface area (Å²) < 4.78 is 11.4. The van der Waals surface area contributed by atoms with Gasteiger partial charge in [-0.05, 0) is 43.1 Å². The lowest BCUT2D eigenvalue weighted by atomic mass is 9.88. The summed E-state index contributed by atoms with van der Waals surface area (Å²) in [4.78, 5) is 16.9. The highest BCUT2D eigenvalue weighted by atomic mass is 16.5. The number of hydrogen-bond acceptors (Lipinski definition) is 4. The van der Waals surface area contributed by atoms with Crippen molar-refractivity contribution < 1.29 is 14.3 Å². The summed E-state index contributed by atoms with van der Waals surface area (Å²) in [6, 6.07) is 18.9. The smallest absolute Gasteiger partial charge is 0.223 e. The predicted molar refractivity (Wildman–Crippen MR) is 113 cm³/mol. The number of hydrogen-bond donors (Lipinski definition) is 0. The Bertz CT molecular complexity index is 833. The van der Waals surface area contributed by atoms with Crippen molar-refractivity contribution in [2.24, 2.45) is 0 Å². The van der Waals surface area contributed by atoms with Crippen molar-refractivity contribution in [2.75, 3.05) is 33.9 Å². The quantitative estimate of drug-likeness (QED) is 0.724. The molecule has 2 aromatic carbocycles. The summed E-state index contributed by atoms with van der Waals surface area (Å²) in [7, 11) is 3.83. The van der Waals surface area contributed by atoms with Gasteiger partial charge in [-0.25, -0.2) is 0 Å². The van der Waals surface area contributed by atoms with Gasteiger partial charge in [-0.2, -0.15) is 0 Å². The van der Waals surface area contributed by atoms with Crippen LogP contribution in [0.1, 0.15) is 24.0 Å². The van der Waals surface area contributed by atoms with Crippen LogP contribution in [0.15, 0.2) is 54.6 Å². The fraction of sp³-hybridized carbons (Fsp3) is 0.458. The number of benzene rings is 2. The van der Waals surface area contributed by atoms with Crippen molar-refractivity contribution in [2.45, 2.75) is 37.5 Å². The molecule has 4 rings (SSSR count). The van der Waals surface area contributed by atoms with E-state index >= 15 is 0 Å². The minimum absolute atomic E-state index is 0.138. The highest BCUT2D eigenvalue weighted by molar-refractivity contribution is 5.77. The number of likely N-dealkylation sites (N-methyl/N-ethyl adjacent to an activating group) is 1. The van der Waals surface area contributed by atoms with Crippen molar-refractivity contribution in [3.8, 4) is 5.75 Å². The number of ether oxygens (including phenoxy) is 2. The molecule has 1 atom stereocenters. The van der Waals surface area contributed by atoms with Crippen molar-refractivity contribution in [3.63, 3.8) is 0 Å². The van der Waals surface area contributed by atoms with Crippen LogP contribution in [-0.4, -0.2) is 61.2 Å². The lowest BCUT2D eigenvalue weighted by Gasteiger charge is -2.47. The molecule has 0 aromatic heterocycles. The zero-order chi connectivity index (χ0) is 20.3. The van der Waals surface area contributed by atoms with Crippen molar-refractivity contribution in [3.05, 3.63) is 65.7 Å². The molecule has 0 N–H and O–H groups in total. The van der Waals surface area contributed by atoms with E-state index in [1.165, 1.54) is 5.56 Å². The van der Waals surface area contributed by atoms with Crippen LogP contribution in [0.5, 0.6) is 5.75 Å². The van der Waals surface area contributed by atoms with Crippen LogP contribution in [0.25, 0.3) is 0 Å². The average Bonchev–Trinajstić information content (AvgIpc) is 3.18. The van der Waals surface area contributed by atoms with Gasteiger partial charge in [-0.3, -0.25) is 9.69 Å². The van der Waals surface area contributed by atoms with Gasteiger partial charge < -0.3 is 14.4 Å². The summed E-state index contributed by atoms with van der Waals surface area (Å²) in [5.74, 6) is 1.05. The van der Waals surface area contributed by atoms with Crippen molar-refractivity contribution in [1.82, 2.24) is 9.80 Å². The Morgan fingerprint density at radius 2 is 1.93 bits per heavy atom. The van der Waals surface area contributed by atoms with Crippen LogP contribution in [0, 0.1) is 0 Å². The van der Waals surface area contributed by atoms with Gasteiger partial charge in [0.1, 0.15) is 11.4 Å². The third kappa shape index (κ3) is 4.62. The fourth-order valence-electron chi connectivity index (χ4n) is 4.39. The van der Waals surface area contributed by atoms with Crippen LogP contribution < -0.4 is 4.74 Å². The summed E-state index contributed by atoms with van der Waals surface area (Å²) >= 11 is 0. The first-order valence-corrected chi connectivity index (χ1v) is 10.4. The molecule has 1 unspecified atom stereocenters. The zero-order valence-corrected chi connectivity index (χ0v) is 17.3. The Morgan fingerprint density at radius 1 is 1.17 bits per heavy atom. The second-order valence-corrected chi connectivity index (χ2v) is 8.35. The number of likely N-dealkylation sites (tertiary alicyclic amines) is 1. The first-order valence-electron chi connectivity index (χ1n) is 10.4. The van der Waals surface area contributed by atoms with E-state index in [1.807, 2.05) is 35.2 Å². The maximum Gasteiger partial charge on any atom is 0.223 e. The Balaban J connectivity index is 1.23. The molecule has 0 saturated carbocycles. The van der Waals surface area contributed by atoms with E-state index < -0.39 is 0 Å². The maximum atomic E-state index is 12.6. The Morgan fingerprint density at radius 3 is 2.69 bits per heavy atom. The highest BCUT2D eigenvalue weighted by Crippen LogP contribution is 2.37. The number of nitrogens with zero attached hydrogens (tertiary/aromatic N) is 2. The molecule has 0 radical (unpaired) electrons. The van der Waals surface area contributed by atoms with E-state index in [2.05, 4.69) is 36.2 Å². The maximum absolute atomic E-state index is 12.6. The SMILES string of the molecule is COc1cccc(CCC(=O)N2CC3(CC(N(C)Cc4ccccc4)CO3)C2)c1. The van der Waals surface area contributed by atoms with Crippen LogP contribution in [0.3, 0.4) is 0 Å². The number of carbonyl (C=O) groups excluding carboxylic acids is 1. The number of carbonyl (C=O) groups is 1. The van der Waals surface area contributed by atoms with E-state index in [0.29, 0.717) is 12.5 Å². The molecule has 1 amide bonds. The first-order chi connectivity index (χ1) is 14.1. The molecule has 1 spiro atoms. The van der Waals surface area contributed by atoms with Crippen molar-refractivity contribution >= 4 is 5.91 Å². The minimum atomic E-state index is -0.138. The van der Waals surface area contributed by atoms with Gasteiger partial charge in [0.25, 0.3) is 0 Å². The lowest BCUT2D eigenvalue weighted by Crippen LogP contribution is -2.63. The zero-order valence-electron chi connectivity index (χ0n) is 17.3. The molecule has 2 fully saturated rings. The molecule has 0 bridgehead atoms. The van der Waals surface area contributed by atoms with E-state index in [-0.39, 0.29) is 11.5 Å². The summed E-state index contributed by atoms with van der Waals surface area (Å²) in [5, 5.41) is 0. The highest BCUT2D eigenvalue weighted by Gasteiger charge is 2.51. The monoisotopic (exact) mass is 394 g/mol. The van der Waals surface area contributed by atoms with Gasteiger partial charge >= 0.3 is 0 Å². The van der Waals surface area contributed by atoms with Gasteiger partial charge in [0.15, 0.2) is 0 Å². The van der Waals surface area contributed by atoms with Crippen molar-refractivity contribution in [1.29, 1.82) is 0 Å². The summed E-state index contributed by atoms with van der Waals surface area (Å²) in [5.41, 5.74) is 2.31. The van der Waals surface area contributed by atoms with E-state index in [0.717, 1.165) is 50.4 Å². The number of amides is 1. The largest absolute Gasteiger partial charge is 0.497 e. The summed E-state index contributed by atoms with van der Waals surface area (Å²) in [6.07, 6.45) is 2.26. The van der Waals surface area contributed by atoms with E-state index in [9.17, 15) is 4.79 Å². The number of methoxy groups -OCH3 is 1. The second-order valence-electron chi connectivity index (χ2n) is 8.35. The molecule has 2 saturated heterocycles. The Hall–Kier alpha value is -2.37. The van der Waals surface area contributed by atoms with Gasteiger partial charge in [0.05, 0.1) is 26.8 Å². The molecular formula is C24H30N2O3. The fourth-order valence-corrected chi connectivity index (χ4v) is 4.39. The van der Waals surface area contributed by atoms with Gasteiger partial charge in [-0.1, -0.05) is 42.5 Å². The van der Waals surface area contributed by atoms with Crippen LogP contribution in [-0.2, 0) is 22.5 Å². The molecule has 154 valence electrons. The molecule has 0 aliphatic carbocycles. The van der Waals surface area contributed by atoms with Crippen LogP contribution in [0.4, 0.5) is 0 Å². The molecular weight excluding hydrogens is 364 g/mol. The Kier molecular flexibility index (Phi) is 5.88. The average molecular weight is 395 g/mol. The number of rotatable bonds is 7. The number of aryl methyl sites for hydroxylation is 1. The first kappa shape index (κ1) is 19.9. The standard InChI is InChI=1S/C24H30N2O3/c1-25(15-20-7-4-3-5-8-20)21-14-24(29-16-21)17-26(18-24)23(27)12-11-19-9-6-10-22(13-19)28-2/h3-10,13,21H,11-12,14-18H2,1-2H3. The van der Waals surface area contributed by atoms with E-state index in [4.69, 9.17) is 9.47 Å². The summed E-state index contributed by atoms with van der Waals surface area (Å²) in [6.45, 7) is 3.11. The molecule has 5 heteroatoms. The molecule has 2 heterocycles. The Labute approximate surface area is 173 Å². The van der Waals surface area contributed by atoms with Gasteiger partial charge in [-0.15, -0.1) is 0 Å². The molecule has 2 aliphatic rings. The third-order valence-electron chi connectivity index (χ3n) is 6.16. The van der Waals surface area contributed by atoms with Gasteiger partial charge in [0, 0.05) is 19.0 Å². The normalized spacial score (nSPS) is 20.1. The van der Waals surface area contributed by atoms with Crippen LogP contribution in [0.2, 0.25) is 0 Å². The lowest BCUT2D eigenvalue weighted by molar-refractivity contribution is -0.157. The van der Waals surface area contributed by atoms with Gasteiger partial charge in [0.2, 0.25) is 5.91 Å². The topological polar surface area (TPSA) is 42.0 Å². The van der Waals surface area contributed by atoms with Crippen LogP contribution >= 0.6 is 0 Å². The predicted octanol–water partition coefficient (Wildman–Crippen LogP) is 3.13. The second kappa shape index (κ2) is 8.56. The van der Waals surface area contributed by atoms with E-state index in [1.54, 1.807) is 7.11 Å². The molecule has 2 aromatic rings. The minimum Gasteiger partial charge on any atom is -0.497 e.